The van der Waals surface area contributed by atoms with Crippen molar-refractivity contribution in [2.24, 2.45) is 17.8 Å². The smallest absolute Gasteiger partial charge is 0.00171 e. The van der Waals surface area contributed by atoms with E-state index in [4.69, 9.17) is 0 Å². The molecular formula is C19H33N. The molecule has 1 rings (SSSR count). The van der Waals surface area contributed by atoms with E-state index < -0.39 is 0 Å². The van der Waals surface area contributed by atoms with Gasteiger partial charge in [-0.1, -0.05) is 58.9 Å². The van der Waals surface area contributed by atoms with Crippen molar-refractivity contribution >= 4 is 0 Å². The molecule has 1 nitrogen and oxygen atoms in total. The molecule has 0 spiro atoms. The van der Waals surface area contributed by atoms with E-state index in [9.17, 15) is 0 Å². The standard InChI is InChI=1S/C19H33N/c1-6-17-7-9-18(10-8-17)12-19(11-15(2)3)14-20-13-16(4)5/h7-10,15-16,19-20H,6,11-14H2,1-5H3. The second-order valence-electron chi connectivity index (χ2n) is 6.92. The zero-order chi connectivity index (χ0) is 15.0. The van der Waals surface area contributed by atoms with Crippen molar-refractivity contribution in [1.82, 2.24) is 5.32 Å². The highest BCUT2D eigenvalue weighted by Gasteiger charge is 2.12. The van der Waals surface area contributed by atoms with E-state index in [-0.39, 0.29) is 0 Å². The largest absolute Gasteiger partial charge is 0.316 e. The van der Waals surface area contributed by atoms with E-state index in [1.54, 1.807) is 0 Å². The van der Waals surface area contributed by atoms with Crippen LogP contribution in [0.25, 0.3) is 0 Å². The van der Waals surface area contributed by atoms with Crippen LogP contribution in [0.4, 0.5) is 0 Å². The van der Waals surface area contributed by atoms with E-state index >= 15 is 0 Å². The predicted octanol–water partition coefficient (Wildman–Crippen LogP) is 4.70. The van der Waals surface area contributed by atoms with Gasteiger partial charge in [0.15, 0.2) is 0 Å². The highest BCUT2D eigenvalue weighted by molar-refractivity contribution is 5.22. The number of rotatable bonds is 9. The fourth-order valence-corrected chi connectivity index (χ4v) is 2.73. The summed E-state index contributed by atoms with van der Waals surface area (Å²) in [6.07, 6.45) is 3.64. The summed E-state index contributed by atoms with van der Waals surface area (Å²) >= 11 is 0. The zero-order valence-electron chi connectivity index (χ0n) is 14.1. The minimum Gasteiger partial charge on any atom is -0.316 e. The molecule has 0 amide bonds. The Bertz CT molecular complexity index is 351. The molecule has 114 valence electrons. The Kier molecular flexibility index (Phi) is 7.91. The topological polar surface area (TPSA) is 12.0 Å². The average Bonchev–Trinajstić information content (AvgIpc) is 2.38. The van der Waals surface area contributed by atoms with E-state index in [1.807, 2.05) is 0 Å². The lowest BCUT2D eigenvalue weighted by molar-refractivity contribution is 0.376. The number of benzene rings is 1. The van der Waals surface area contributed by atoms with Crippen LogP contribution in [0.3, 0.4) is 0 Å². The fourth-order valence-electron chi connectivity index (χ4n) is 2.73. The van der Waals surface area contributed by atoms with Gasteiger partial charge in [0.2, 0.25) is 0 Å². The maximum atomic E-state index is 3.63. The van der Waals surface area contributed by atoms with Gasteiger partial charge in [-0.15, -0.1) is 0 Å². The van der Waals surface area contributed by atoms with Crippen LogP contribution < -0.4 is 5.32 Å². The van der Waals surface area contributed by atoms with Gasteiger partial charge >= 0.3 is 0 Å². The average molecular weight is 275 g/mol. The highest BCUT2D eigenvalue weighted by atomic mass is 14.9. The lowest BCUT2D eigenvalue weighted by atomic mass is 9.90. The molecule has 0 bridgehead atoms. The molecule has 0 saturated heterocycles. The summed E-state index contributed by atoms with van der Waals surface area (Å²) < 4.78 is 0. The number of nitrogens with one attached hydrogen (secondary N) is 1. The van der Waals surface area contributed by atoms with E-state index in [0.29, 0.717) is 0 Å². The molecule has 20 heavy (non-hydrogen) atoms. The first-order chi connectivity index (χ1) is 9.51. The molecule has 0 fully saturated rings. The lowest BCUT2D eigenvalue weighted by Crippen LogP contribution is -2.28. The van der Waals surface area contributed by atoms with E-state index in [1.165, 1.54) is 24.0 Å². The number of hydrogen-bond acceptors (Lipinski definition) is 1. The summed E-state index contributed by atoms with van der Waals surface area (Å²) in [7, 11) is 0. The van der Waals surface area contributed by atoms with Gasteiger partial charge in [0.1, 0.15) is 0 Å². The molecule has 1 aromatic rings. The molecule has 0 saturated carbocycles. The lowest BCUT2D eigenvalue weighted by Gasteiger charge is -2.20. The van der Waals surface area contributed by atoms with Gasteiger partial charge in [-0.05, 0) is 61.2 Å². The Labute approximate surface area is 126 Å². The molecule has 1 N–H and O–H groups in total. The quantitative estimate of drug-likeness (QED) is 0.689. The van der Waals surface area contributed by atoms with Gasteiger partial charge in [-0.2, -0.15) is 0 Å². The Morgan fingerprint density at radius 2 is 1.45 bits per heavy atom. The van der Waals surface area contributed by atoms with E-state index in [2.05, 4.69) is 64.2 Å². The molecule has 1 unspecified atom stereocenters. The molecule has 0 aliphatic rings. The van der Waals surface area contributed by atoms with Gasteiger partial charge in [0.05, 0.1) is 0 Å². The Morgan fingerprint density at radius 1 is 0.850 bits per heavy atom. The van der Waals surface area contributed by atoms with Gasteiger partial charge in [0, 0.05) is 0 Å². The fraction of sp³-hybridized carbons (Fsp3) is 0.684. The Hall–Kier alpha value is -0.820. The summed E-state index contributed by atoms with van der Waals surface area (Å²) in [4.78, 5) is 0. The Morgan fingerprint density at radius 3 is 1.95 bits per heavy atom. The van der Waals surface area contributed by atoms with Crippen molar-refractivity contribution in [1.29, 1.82) is 0 Å². The first-order valence-corrected chi connectivity index (χ1v) is 8.29. The van der Waals surface area contributed by atoms with Crippen LogP contribution in [0, 0.1) is 17.8 Å². The molecule has 0 radical (unpaired) electrons. The molecule has 0 heterocycles. The second kappa shape index (κ2) is 9.18. The molecule has 1 atom stereocenters. The van der Waals surface area contributed by atoms with Crippen LogP contribution in [-0.4, -0.2) is 13.1 Å². The van der Waals surface area contributed by atoms with Crippen LogP contribution in [-0.2, 0) is 12.8 Å². The molecule has 0 aromatic heterocycles. The van der Waals surface area contributed by atoms with Crippen molar-refractivity contribution in [3.05, 3.63) is 35.4 Å². The SMILES string of the molecule is CCc1ccc(CC(CNCC(C)C)CC(C)C)cc1. The normalized spacial score (nSPS) is 13.2. The third-order valence-corrected chi connectivity index (χ3v) is 3.75. The van der Waals surface area contributed by atoms with Gasteiger partial charge in [-0.25, -0.2) is 0 Å². The van der Waals surface area contributed by atoms with Crippen molar-refractivity contribution in [3.63, 3.8) is 0 Å². The van der Waals surface area contributed by atoms with Crippen LogP contribution in [0.2, 0.25) is 0 Å². The third kappa shape index (κ3) is 7.09. The summed E-state index contributed by atoms with van der Waals surface area (Å²) in [6.45, 7) is 13.7. The van der Waals surface area contributed by atoms with Gasteiger partial charge < -0.3 is 5.32 Å². The second-order valence-corrected chi connectivity index (χ2v) is 6.92. The van der Waals surface area contributed by atoms with Crippen LogP contribution >= 0.6 is 0 Å². The van der Waals surface area contributed by atoms with Crippen LogP contribution in [0.15, 0.2) is 24.3 Å². The number of aryl methyl sites for hydroxylation is 1. The van der Waals surface area contributed by atoms with Gasteiger partial charge in [0.25, 0.3) is 0 Å². The van der Waals surface area contributed by atoms with Crippen molar-refractivity contribution in [2.45, 2.75) is 53.9 Å². The molecule has 1 heteroatoms. The first kappa shape index (κ1) is 17.2. The Balaban J connectivity index is 2.53. The van der Waals surface area contributed by atoms with Crippen molar-refractivity contribution < 1.29 is 0 Å². The minimum atomic E-state index is 0.735. The van der Waals surface area contributed by atoms with Gasteiger partial charge in [-0.3, -0.25) is 0 Å². The summed E-state index contributed by atoms with van der Waals surface area (Å²) in [5, 5.41) is 3.63. The van der Waals surface area contributed by atoms with E-state index in [0.717, 1.165) is 37.3 Å². The molecule has 0 aliphatic heterocycles. The summed E-state index contributed by atoms with van der Waals surface area (Å²) in [5.41, 5.74) is 2.92. The molecule has 1 aromatic carbocycles. The van der Waals surface area contributed by atoms with Crippen molar-refractivity contribution in [3.8, 4) is 0 Å². The van der Waals surface area contributed by atoms with Crippen molar-refractivity contribution in [2.75, 3.05) is 13.1 Å². The maximum absolute atomic E-state index is 3.63. The monoisotopic (exact) mass is 275 g/mol. The first-order valence-electron chi connectivity index (χ1n) is 8.29. The summed E-state index contributed by atoms with van der Waals surface area (Å²) in [5.74, 6) is 2.26. The minimum absolute atomic E-state index is 0.735. The zero-order valence-corrected chi connectivity index (χ0v) is 14.1. The van der Waals surface area contributed by atoms with Crippen LogP contribution in [0.1, 0.15) is 52.2 Å². The third-order valence-electron chi connectivity index (χ3n) is 3.75. The van der Waals surface area contributed by atoms with Crippen LogP contribution in [0.5, 0.6) is 0 Å². The predicted molar refractivity (Wildman–Crippen MR) is 90.2 cm³/mol. The molecule has 0 aliphatic carbocycles. The highest BCUT2D eigenvalue weighted by Crippen LogP contribution is 2.17. The molecular weight excluding hydrogens is 242 g/mol. The summed E-state index contributed by atoms with van der Waals surface area (Å²) in [6, 6.07) is 9.19. The maximum Gasteiger partial charge on any atom is -0.00171 e. The number of hydrogen-bond donors (Lipinski definition) is 1.